The van der Waals surface area contributed by atoms with E-state index in [1.54, 1.807) is 30.0 Å². The molecule has 10 heteroatoms. The molecular weight excluding hydrogens is 487 g/mol. The first-order chi connectivity index (χ1) is 17.0. The summed E-state index contributed by atoms with van der Waals surface area (Å²) < 4.78 is 27.5. The van der Waals surface area contributed by atoms with Crippen molar-refractivity contribution in [2.24, 2.45) is 0 Å². The van der Waals surface area contributed by atoms with Gasteiger partial charge in [-0.2, -0.15) is 0 Å². The maximum absolute atomic E-state index is 16.0. The van der Waals surface area contributed by atoms with Crippen molar-refractivity contribution in [3.8, 4) is 22.6 Å². The fourth-order valence-corrected chi connectivity index (χ4v) is 5.14. The summed E-state index contributed by atoms with van der Waals surface area (Å²) in [6.45, 7) is 8.95. The zero-order valence-corrected chi connectivity index (χ0v) is 21.3. The van der Waals surface area contributed by atoms with E-state index in [9.17, 15) is 9.90 Å². The summed E-state index contributed by atoms with van der Waals surface area (Å²) in [5.74, 6) is -0.357. The van der Waals surface area contributed by atoms with E-state index in [4.69, 9.17) is 26.8 Å². The number of amides is 1. The van der Waals surface area contributed by atoms with Gasteiger partial charge in [0, 0.05) is 36.1 Å². The van der Waals surface area contributed by atoms with Crippen LogP contribution in [0.3, 0.4) is 0 Å². The highest BCUT2D eigenvalue weighted by Crippen LogP contribution is 2.47. The molecule has 3 aromatic rings. The summed E-state index contributed by atoms with van der Waals surface area (Å²) in [5.41, 5.74) is 7.11. The molecule has 1 fully saturated rings. The van der Waals surface area contributed by atoms with Crippen LogP contribution in [-0.4, -0.2) is 59.0 Å². The first-order valence-electron chi connectivity index (χ1n) is 11.7. The average Bonchev–Trinajstić information content (AvgIpc) is 2.81. The minimum absolute atomic E-state index is 0.0435. The normalized spacial score (nSPS) is 17.4. The monoisotopic (exact) mass is 514 g/mol. The Hall–Kier alpha value is -3.46. The van der Waals surface area contributed by atoms with Crippen molar-refractivity contribution in [2.75, 3.05) is 36.9 Å². The Labute approximate surface area is 213 Å². The van der Waals surface area contributed by atoms with Crippen molar-refractivity contribution in [1.82, 2.24) is 9.88 Å². The van der Waals surface area contributed by atoms with E-state index in [1.165, 1.54) is 6.20 Å². The molecule has 190 valence electrons. The maximum atomic E-state index is 16.0. The fourth-order valence-electron chi connectivity index (χ4n) is 4.86. The van der Waals surface area contributed by atoms with E-state index >= 15 is 4.39 Å². The van der Waals surface area contributed by atoms with Crippen LogP contribution >= 0.6 is 11.6 Å². The summed E-state index contributed by atoms with van der Waals surface area (Å²) in [5, 5.41) is 11.2. The van der Waals surface area contributed by atoms with Gasteiger partial charge in [-0.25, -0.2) is 14.2 Å². The van der Waals surface area contributed by atoms with Gasteiger partial charge in [-0.15, -0.1) is 0 Å². The summed E-state index contributed by atoms with van der Waals surface area (Å²) in [6.07, 6.45) is 1.13. The molecule has 5 rings (SSSR count). The largest absolute Gasteiger partial charge is 0.505 e. The molecule has 2 aliphatic rings. The number of anilines is 2. The second-order valence-electron chi connectivity index (χ2n) is 10.2. The number of hydrogen-bond donors (Lipinski definition) is 2. The minimum Gasteiger partial charge on any atom is -0.505 e. The second kappa shape index (κ2) is 8.58. The molecule has 0 unspecified atom stereocenters. The van der Waals surface area contributed by atoms with Gasteiger partial charge in [-0.1, -0.05) is 17.7 Å². The Morgan fingerprint density at radius 2 is 2.06 bits per heavy atom. The lowest BCUT2D eigenvalue weighted by Gasteiger charge is -2.45. The number of benzene rings is 2. The molecule has 0 aliphatic carbocycles. The number of aromatic hydroxyl groups is 1. The fraction of sp³-hybridized carbons (Fsp3) is 0.385. The van der Waals surface area contributed by atoms with Gasteiger partial charge < -0.3 is 30.1 Å². The van der Waals surface area contributed by atoms with Crippen LogP contribution in [0.15, 0.2) is 24.4 Å². The molecular formula is C26H28ClFN4O4. The van der Waals surface area contributed by atoms with Crippen molar-refractivity contribution in [2.45, 2.75) is 39.3 Å². The summed E-state index contributed by atoms with van der Waals surface area (Å²) in [6, 6.07) is 4.76. The predicted molar refractivity (Wildman–Crippen MR) is 137 cm³/mol. The Balaban J connectivity index is 1.57. The Bertz CT molecular complexity index is 1390. The van der Waals surface area contributed by atoms with Gasteiger partial charge in [-0.3, -0.25) is 0 Å². The van der Waals surface area contributed by atoms with Crippen LogP contribution in [0.25, 0.3) is 22.0 Å². The van der Waals surface area contributed by atoms with Crippen molar-refractivity contribution in [3.63, 3.8) is 0 Å². The second-order valence-corrected chi connectivity index (χ2v) is 10.6. The number of hydrogen-bond acceptors (Lipinski definition) is 7. The van der Waals surface area contributed by atoms with Crippen molar-refractivity contribution >= 4 is 40.0 Å². The number of phenolic OH excluding ortho intramolecular Hbond substituents is 1. The number of aromatic nitrogens is 1. The highest BCUT2D eigenvalue weighted by atomic mass is 35.5. The topological polar surface area (TPSA) is 101 Å². The van der Waals surface area contributed by atoms with E-state index in [0.29, 0.717) is 48.6 Å². The molecule has 1 saturated heterocycles. The van der Waals surface area contributed by atoms with Crippen LogP contribution in [-0.2, 0) is 4.74 Å². The third-order valence-corrected chi connectivity index (χ3v) is 6.81. The van der Waals surface area contributed by atoms with Gasteiger partial charge in [0.05, 0.1) is 28.6 Å². The van der Waals surface area contributed by atoms with E-state index in [1.807, 2.05) is 20.8 Å². The number of aryl methyl sites for hydroxylation is 1. The molecule has 1 amide bonds. The summed E-state index contributed by atoms with van der Waals surface area (Å²) in [4.78, 5) is 20.7. The Kier molecular flexibility index (Phi) is 5.78. The third-order valence-electron chi connectivity index (χ3n) is 6.51. The number of fused-ring (bicyclic) bond motifs is 5. The minimum atomic E-state index is -0.654. The van der Waals surface area contributed by atoms with E-state index in [2.05, 4.69) is 9.88 Å². The smallest absolute Gasteiger partial charge is 0.410 e. The molecule has 36 heavy (non-hydrogen) atoms. The number of nitrogens with two attached hydrogens (primary N) is 1. The van der Waals surface area contributed by atoms with Crippen molar-refractivity contribution < 1.29 is 23.8 Å². The molecule has 0 bridgehead atoms. The number of carbonyl (C=O) groups excluding carboxylic acids is 1. The van der Waals surface area contributed by atoms with Crippen LogP contribution in [0.4, 0.5) is 20.6 Å². The van der Waals surface area contributed by atoms with Crippen LogP contribution in [0.2, 0.25) is 5.02 Å². The molecule has 2 aliphatic heterocycles. The zero-order chi connectivity index (χ0) is 25.9. The molecule has 1 aromatic heterocycles. The van der Waals surface area contributed by atoms with E-state index in [-0.39, 0.29) is 45.2 Å². The third kappa shape index (κ3) is 4.01. The van der Waals surface area contributed by atoms with Gasteiger partial charge in [0.15, 0.2) is 11.6 Å². The molecule has 0 saturated carbocycles. The SMILES string of the molecule is Cc1ccc(N)c(O)c1-c1c(Cl)cc2c3c(cnc2c1F)OC[C@H]1CN(C(=O)OC(C)(C)C)CCN31. The number of nitrogen functional groups attached to an aromatic ring is 1. The molecule has 1 atom stereocenters. The Morgan fingerprint density at radius 3 is 2.78 bits per heavy atom. The lowest BCUT2D eigenvalue weighted by atomic mass is 9.95. The quantitative estimate of drug-likeness (QED) is 0.344. The average molecular weight is 515 g/mol. The zero-order valence-electron chi connectivity index (χ0n) is 20.6. The van der Waals surface area contributed by atoms with Gasteiger partial charge in [0.2, 0.25) is 0 Å². The highest BCUT2D eigenvalue weighted by Gasteiger charge is 2.38. The van der Waals surface area contributed by atoms with Crippen molar-refractivity contribution in [1.29, 1.82) is 0 Å². The van der Waals surface area contributed by atoms with Crippen LogP contribution < -0.4 is 15.4 Å². The lowest BCUT2D eigenvalue weighted by molar-refractivity contribution is 0.0195. The lowest BCUT2D eigenvalue weighted by Crippen LogP contribution is -2.59. The summed E-state index contributed by atoms with van der Waals surface area (Å²) in [7, 11) is 0. The van der Waals surface area contributed by atoms with E-state index in [0.717, 1.165) is 0 Å². The molecule has 3 N–H and O–H groups in total. The standard InChI is InChI=1S/C26H28ClFN4O4/c1-13-5-6-17(29)24(33)19(13)20-16(27)9-15-22(21(20)28)30-10-18-23(15)32-8-7-31(11-14(32)12-35-18)25(34)36-26(2,3)4/h5-6,9-10,14,33H,7-8,11-12,29H2,1-4H3/t14-/m1/s1. The molecule has 3 heterocycles. The number of nitrogens with zero attached hydrogens (tertiary/aromatic N) is 3. The predicted octanol–water partition coefficient (Wildman–Crippen LogP) is 5.11. The first kappa shape index (κ1) is 24.2. The van der Waals surface area contributed by atoms with Crippen LogP contribution in [0, 0.1) is 12.7 Å². The molecule has 2 aromatic carbocycles. The molecule has 0 radical (unpaired) electrons. The number of rotatable bonds is 1. The first-order valence-corrected chi connectivity index (χ1v) is 12.1. The van der Waals surface area contributed by atoms with Crippen LogP contribution in [0.5, 0.6) is 11.5 Å². The number of ether oxygens (including phenoxy) is 2. The van der Waals surface area contributed by atoms with Gasteiger partial charge in [0.25, 0.3) is 0 Å². The number of carbonyl (C=O) groups is 1. The number of pyridine rings is 1. The van der Waals surface area contributed by atoms with Crippen molar-refractivity contribution in [3.05, 3.63) is 40.8 Å². The van der Waals surface area contributed by atoms with E-state index < -0.39 is 11.4 Å². The Morgan fingerprint density at radius 1 is 1.31 bits per heavy atom. The van der Waals surface area contributed by atoms with Crippen LogP contribution in [0.1, 0.15) is 26.3 Å². The maximum Gasteiger partial charge on any atom is 0.410 e. The van der Waals surface area contributed by atoms with Gasteiger partial charge in [-0.05, 0) is 45.4 Å². The number of piperazine rings is 1. The summed E-state index contributed by atoms with van der Waals surface area (Å²) >= 11 is 6.63. The van der Waals surface area contributed by atoms with Gasteiger partial charge in [0.1, 0.15) is 23.5 Å². The number of phenols is 1. The molecule has 0 spiro atoms. The van der Waals surface area contributed by atoms with Gasteiger partial charge >= 0.3 is 6.09 Å². The molecule has 8 nitrogen and oxygen atoms in total. The highest BCUT2D eigenvalue weighted by molar-refractivity contribution is 6.34. The number of halogens is 2.